The van der Waals surface area contributed by atoms with Crippen molar-refractivity contribution < 1.29 is 9.53 Å². The van der Waals surface area contributed by atoms with Gasteiger partial charge in [-0.2, -0.15) is 0 Å². The van der Waals surface area contributed by atoms with Crippen molar-refractivity contribution >= 4 is 5.91 Å². The van der Waals surface area contributed by atoms with Gasteiger partial charge in [0, 0.05) is 5.56 Å². The molecule has 0 bridgehead atoms. The fraction of sp³-hybridized carbons (Fsp3) is 0.562. The molecule has 2 unspecified atom stereocenters. The van der Waals surface area contributed by atoms with Crippen LogP contribution in [0.15, 0.2) is 24.3 Å². The van der Waals surface area contributed by atoms with Crippen molar-refractivity contribution in [3.05, 3.63) is 35.4 Å². The fourth-order valence-corrected chi connectivity index (χ4v) is 2.95. The van der Waals surface area contributed by atoms with Gasteiger partial charge in [0.2, 0.25) is 0 Å². The molecule has 4 nitrogen and oxygen atoms in total. The smallest absolute Gasteiger partial charge is 0.265 e. The molecule has 0 saturated heterocycles. The Morgan fingerprint density at radius 3 is 2.95 bits per heavy atom. The number of hydrogen-bond acceptors (Lipinski definition) is 3. The van der Waals surface area contributed by atoms with E-state index in [0.29, 0.717) is 24.2 Å². The zero-order valence-electron chi connectivity index (χ0n) is 12.1. The number of ether oxygens (including phenoxy) is 1. The third-order valence-corrected chi connectivity index (χ3v) is 4.15. The second kappa shape index (κ2) is 7.41. The number of amides is 1. The highest BCUT2D eigenvalue weighted by Gasteiger charge is 2.24. The number of benzene rings is 1. The lowest BCUT2D eigenvalue weighted by Crippen LogP contribution is -2.30. The van der Waals surface area contributed by atoms with Gasteiger partial charge in [0.15, 0.2) is 0 Å². The molecule has 0 heterocycles. The average Bonchev–Trinajstić information content (AvgIpc) is 2.52. The fourth-order valence-electron chi connectivity index (χ4n) is 2.95. The Morgan fingerprint density at radius 1 is 1.40 bits per heavy atom. The summed E-state index contributed by atoms with van der Waals surface area (Å²) in [4.78, 5) is 11.5. The van der Waals surface area contributed by atoms with E-state index in [0.717, 1.165) is 12.0 Å². The predicted molar refractivity (Wildman–Crippen MR) is 78.9 cm³/mol. The molecule has 110 valence electrons. The summed E-state index contributed by atoms with van der Waals surface area (Å²) in [5.41, 5.74) is 3.74. The Labute approximate surface area is 120 Å². The Hall–Kier alpha value is -1.39. The molecule has 1 aliphatic carbocycles. The van der Waals surface area contributed by atoms with E-state index in [4.69, 9.17) is 10.6 Å². The number of carbonyl (C=O) groups excluding carboxylic acids is 1. The molecule has 1 aromatic rings. The topological polar surface area (TPSA) is 64.3 Å². The van der Waals surface area contributed by atoms with Crippen LogP contribution in [-0.2, 0) is 11.3 Å². The van der Waals surface area contributed by atoms with Gasteiger partial charge in [0.25, 0.3) is 5.91 Å². The summed E-state index contributed by atoms with van der Waals surface area (Å²) in [5, 5.41) is 0. The molecular formula is C16H24N2O2. The largest absolute Gasteiger partial charge is 0.373 e. The second-order valence-corrected chi connectivity index (χ2v) is 5.48. The van der Waals surface area contributed by atoms with E-state index >= 15 is 0 Å². The number of nitrogens with one attached hydrogen (secondary N) is 1. The van der Waals surface area contributed by atoms with Crippen LogP contribution in [0.4, 0.5) is 0 Å². The molecule has 0 spiro atoms. The van der Waals surface area contributed by atoms with Crippen molar-refractivity contribution in [3.8, 4) is 0 Å². The van der Waals surface area contributed by atoms with Gasteiger partial charge in [-0.15, -0.1) is 0 Å². The van der Waals surface area contributed by atoms with E-state index in [1.54, 1.807) is 6.07 Å². The van der Waals surface area contributed by atoms with Crippen LogP contribution < -0.4 is 11.3 Å². The summed E-state index contributed by atoms with van der Waals surface area (Å²) in [7, 11) is 0. The molecule has 20 heavy (non-hydrogen) atoms. The van der Waals surface area contributed by atoms with E-state index < -0.39 is 0 Å². The Kier molecular flexibility index (Phi) is 5.56. The van der Waals surface area contributed by atoms with Crippen LogP contribution in [0.1, 0.15) is 54.9 Å². The van der Waals surface area contributed by atoms with Crippen LogP contribution >= 0.6 is 0 Å². The number of rotatable bonds is 5. The highest BCUT2D eigenvalue weighted by atomic mass is 16.5. The molecule has 0 aromatic heterocycles. The zero-order chi connectivity index (χ0) is 14.4. The minimum absolute atomic E-state index is 0.268. The van der Waals surface area contributed by atoms with Crippen LogP contribution in [0.25, 0.3) is 0 Å². The minimum Gasteiger partial charge on any atom is -0.373 e. The normalized spacial score (nSPS) is 22.5. The first kappa shape index (κ1) is 15.0. The van der Waals surface area contributed by atoms with Crippen molar-refractivity contribution in [3.63, 3.8) is 0 Å². The Morgan fingerprint density at radius 2 is 2.20 bits per heavy atom. The molecule has 1 aliphatic rings. The summed E-state index contributed by atoms with van der Waals surface area (Å²) in [6.07, 6.45) is 6.56. The van der Waals surface area contributed by atoms with Crippen molar-refractivity contribution in [2.75, 3.05) is 0 Å². The van der Waals surface area contributed by atoms with Crippen LogP contribution in [-0.4, -0.2) is 12.0 Å². The summed E-state index contributed by atoms with van der Waals surface area (Å²) >= 11 is 0. The number of carbonyl (C=O) groups is 1. The zero-order valence-corrected chi connectivity index (χ0v) is 12.1. The van der Waals surface area contributed by atoms with Crippen LogP contribution in [0.3, 0.4) is 0 Å². The highest BCUT2D eigenvalue weighted by Crippen LogP contribution is 2.29. The lowest BCUT2D eigenvalue weighted by molar-refractivity contribution is -0.0222. The van der Waals surface area contributed by atoms with Crippen LogP contribution in [0, 0.1) is 5.92 Å². The molecule has 4 heteroatoms. The van der Waals surface area contributed by atoms with Gasteiger partial charge in [-0.3, -0.25) is 10.2 Å². The van der Waals surface area contributed by atoms with E-state index in [-0.39, 0.29) is 5.91 Å². The number of nitrogens with two attached hydrogens (primary N) is 1. The van der Waals surface area contributed by atoms with Crippen LogP contribution in [0.5, 0.6) is 0 Å². The van der Waals surface area contributed by atoms with Gasteiger partial charge in [0.05, 0.1) is 12.7 Å². The maximum absolute atomic E-state index is 11.5. The monoisotopic (exact) mass is 276 g/mol. The number of nitrogen functional groups attached to an aromatic ring is 1. The summed E-state index contributed by atoms with van der Waals surface area (Å²) < 4.78 is 6.08. The molecule has 0 radical (unpaired) electrons. The first-order valence-corrected chi connectivity index (χ1v) is 7.46. The molecule has 2 atom stereocenters. The average molecular weight is 276 g/mol. The minimum atomic E-state index is -0.268. The predicted octanol–water partition coefficient (Wildman–Crippen LogP) is 2.78. The molecule has 1 saturated carbocycles. The van der Waals surface area contributed by atoms with Gasteiger partial charge in [-0.25, -0.2) is 5.84 Å². The summed E-state index contributed by atoms with van der Waals surface area (Å²) in [5.74, 6) is 5.56. The molecule has 0 aliphatic heterocycles. The van der Waals surface area contributed by atoms with E-state index in [1.165, 1.54) is 25.7 Å². The lowest BCUT2D eigenvalue weighted by atomic mass is 9.85. The van der Waals surface area contributed by atoms with Gasteiger partial charge in [-0.1, -0.05) is 38.3 Å². The van der Waals surface area contributed by atoms with Crippen molar-refractivity contribution in [2.24, 2.45) is 11.8 Å². The SMILES string of the molecule is CCC1CCCCC1OCc1cccc(C(=O)NN)c1. The van der Waals surface area contributed by atoms with Gasteiger partial charge >= 0.3 is 0 Å². The quantitative estimate of drug-likeness (QED) is 0.494. The van der Waals surface area contributed by atoms with Gasteiger partial charge < -0.3 is 4.74 Å². The standard InChI is InChI=1S/C16H24N2O2/c1-2-13-7-3-4-9-15(13)20-11-12-6-5-8-14(10-12)16(19)18-17/h5-6,8,10,13,15H,2-4,7,9,11,17H2,1H3,(H,18,19). The van der Waals surface area contributed by atoms with E-state index in [1.807, 2.05) is 18.2 Å². The van der Waals surface area contributed by atoms with Crippen molar-refractivity contribution in [1.29, 1.82) is 0 Å². The molecule has 1 fully saturated rings. The first-order valence-electron chi connectivity index (χ1n) is 7.46. The number of hydrogen-bond donors (Lipinski definition) is 2. The van der Waals surface area contributed by atoms with Crippen LogP contribution in [0.2, 0.25) is 0 Å². The lowest BCUT2D eigenvalue weighted by Gasteiger charge is -2.30. The molecule has 2 rings (SSSR count). The second-order valence-electron chi connectivity index (χ2n) is 5.48. The first-order chi connectivity index (χ1) is 9.74. The Bertz CT molecular complexity index is 448. The third kappa shape index (κ3) is 3.81. The summed E-state index contributed by atoms with van der Waals surface area (Å²) in [6.45, 7) is 2.80. The van der Waals surface area contributed by atoms with Crippen molar-refractivity contribution in [1.82, 2.24) is 5.43 Å². The van der Waals surface area contributed by atoms with Crippen molar-refractivity contribution in [2.45, 2.75) is 51.7 Å². The highest BCUT2D eigenvalue weighted by molar-refractivity contribution is 5.93. The Balaban J connectivity index is 1.94. The van der Waals surface area contributed by atoms with E-state index in [2.05, 4.69) is 12.3 Å². The van der Waals surface area contributed by atoms with Gasteiger partial charge in [-0.05, 0) is 36.5 Å². The third-order valence-electron chi connectivity index (χ3n) is 4.15. The molecule has 1 aromatic carbocycles. The van der Waals surface area contributed by atoms with Gasteiger partial charge in [0.1, 0.15) is 0 Å². The summed E-state index contributed by atoms with van der Waals surface area (Å²) in [6, 6.07) is 7.44. The maximum Gasteiger partial charge on any atom is 0.265 e. The molecule has 3 N–H and O–H groups in total. The number of hydrazine groups is 1. The van der Waals surface area contributed by atoms with E-state index in [9.17, 15) is 4.79 Å². The maximum atomic E-state index is 11.5. The molecule has 1 amide bonds. The molecular weight excluding hydrogens is 252 g/mol.